The number of aryl methyl sites for hydroxylation is 1. The molecule has 1 saturated heterocycles. The molecule has 1 spiro atoms. The first-order valence-corrected chi connectivity index (χ1v) is 8.73. The van der Waals surface area contributed by atoms with Crippen molar-refractivity contribution in [1.82, 2.24) is 4.90 Å². The van der Waals surface area contributed by atoms with E-state index in [0.717, 1.165) is 6.54 Å². The van der Waals surface area contributed by atoms with Gasteiger partial charge in [-0.25, -0.2) is 0 Å². The highest BCUT2D eigenvalue weighted by molar-refractivity contribution is 5.25. The van der Waals surface area contributed by atoms with Crippen molar-refractivity contribution in [3.05, 3.63) is 35.4 Å². The summed E-state index contributed by atoms with van der Waals surface area (Å²) in [5, 5.41) is 0. The van der Waals surface area contributed by atoms with Crippen LogP contribution in [0.4, 0.5) is 0 Å². The third-order valence-corrected chi connectivity index (χ3v) is 5.86. The molecular formula is C19H30N2. The molecule has 2 fully saturated rings. The number of benzene rings is 1. The average Bonchev–Trinajstić information content (AvgIpc) is 2.51. The van der Waals surface area contributed by atoms with Gasteiger partial charge in [0, 0.05) is 12.6 Å². The van der Waals surface area contributed by atoms with Crippen LogP contribution < -0.4 is 5.73 Å². The van der Waals surface area contributed by atoms with Crippen LogP contribution in [-0.4, -0.2) is 24.5 Å². The summed E-state index contributed by atoms with van der Waals surface area (Å²) in [4.78, 5) is 2.63. The Hall–Kier alpha value is -0.860. The maximum atomic E-state index is 6.11. The van der Waals surface area contributed by atoms with Crippen molar-refractivity contribution in [2.75, 3.05) is 19.6 Å². The zero-order valence-corrected chi connectivity index (χ0v) is 13.5. The van der Waals surface area contributed by atoms with Crippen molar-refractivity contribution in [3.63, 3.8) is 0 Å². The van der Waals surface area contributed by atoms with Gasteiger partial charge >= 0.3 is 0 Å². The van der Waals surface area contributed by atoms with Crippen molar-refractivity contribution >= 4 is 0 Å². The second-order valence-electron chi connectivity index (χ2n) is 7.26. The Morgan fingerprint density at radius 3 is 2.43 bits per heavy atom. The standard InChI is InChI=1S/C19H30N2/c1-16-6-5-7-17(14-16)18(15-20)21-12-10-19(11-13-21)8-3-2-4-9-19/h5-7,14,18H,2-4,8-13,15,20H2,1H3. The van der Waals surface area contributed by atoms with Gasteiger partial charge in [0.1, 0.15) is 0 Å². The molecule has 1 atom stereocenters. The molecule has 1 aromatic rings. The van der Waals surface area contributed by atoms with Gasteiger partial charge < -0.3 is 5.73 Å². The maximum absolute atomic E-state index is 6.11. The number of piperidine rings is 1. The molecule has 1 saturated carbocycles. The number of nitrogens with zero attached hydrogens (tertiary/aromatic N) is 1. The van der Waals surface area contributed by atoms with Gasteiger partial charge in [0.2, 0.25) is 0 Å². The van der Waals surface area contributed by atoms with Crippen molar-refractivity contribution < 1.29 is 0 Å². The molecule has 2 nitrogen and oxygen atoms in total. The highest BCUT2D eigenvalue weighted by Gasteiger charge is 2.37. The van der Waals surface area contributed by atoms with Gasteiger partial charge in [-0.05, 0) is 56.7 Å². The van der Waals surface area contributed by atoms with Crippen molar-refractivity contribution in [2.45, 2.75) is 57.9 Å². The highest BCUT2D eigenvalue weighted by atomic mass is 15.2. The molecule has 0 aromatic heterocycles. The zero-order valence-electron chi connectivity index (χ0n) is 13.5. The van der Waals surface area contributed by atoms with Gasteiger partial charge in [-0.3, -0.25) is 4.90 Å². The SMILES string of the molecule is Cc1cccc(C(CN)N2CCC3(CCCCC3)CC2)c1. The van der Waals surface area contributed by atoms with Crippen LogP contribution in [-0.2, 0) is 0 Å². The van der Waals surface area contributed by atoms with E-state index in [4.69, 9.17) is 5.73 Å². The third-order valence-electron chi connectivity index (χ3n) is 5.86. The summed E-state index contributed by atoms with van der Waals surface area (Å²) in [6.45, 7) is 5.37. The Morgan fingerprint density at radius 1 is 1.10 bits per heavy atom. The van der Waals surface area contributed by atoms with Crippen LogP contribution in [0, 0.1) is 12.3 Å². The lowest BCUT2D eigenvalue weighted by atomic mass is 9.68. The molecule has 21 heavy (non-hydrogen) atoms. The molecular weight excluding hydrogens is 256 g/mol. The second-order valence-corrected chi connectivity index (χ2v) is 7.26. The first-order chi connectivity index (χ1) is 10.2. The Balaban J connectivity index is 1.67. The summed E-state index contributed by atoms with van der Waals surface area (Å²) in [5.41, 5.74) is 9.53. The van der Waals surface area contributed by atoms with Crippen LogP contribution in [0.5, 0.6) is 0 Å². The molecule has 3 rings (SSSR count). The zero-order chi connectivity index (χ0) is 14.7. The molecule has 1 aliphatic heterocycles. The molecule has 0 bridgehead atoms. The van der Waals surface area contributed by atoms with E-state index in [1.54, 1.807) is 0 Å². The molecule has 2 aliphatic rings. The monoisotopic (exact) mass is 286 g/mol. The smallest absolute Gasteiger partial charge is 0.0470 e. The van der Waals surface area contributed by atoms with E-state index in [1.807, 2.05) is 0 Å². The number of hydrogen-bond donors (Lipinski definition) is 1. The Labute approximate surface area is 129 Å². The Morgan fingerprint density at radius 2 is 1.81 bits per heavy atom. The molecule has 0 radical (unpaired) electrons. The van der Waals surface area contributed by atoms with Crippen LogP contribution in [0.2, 0.25) is 0 Å². The van der Waals surface area contributed by atoms with E-state index in [-0.39, 0.29) is 0 Å². The van der Waals surface area contributed by atoms with Crippen molar-refractivity contribution in [3.8, 4) is 0 Å². The summed E-state index contributed by atoms with van der Waals surface area (Å²) in [7, 11) is 0. The topological polar surface area (TPSA) is 29.3 Å². The Bertz CT molecular complexity index is 452. The molecule has 1 aliphatic carbocycles. The van der Waals surface area contributed by atoms with E-state index < -0.39 is 0 Å². The van der Waals surface area contributed by atoms with Gasteiger partial charge in [0.15, 0.2) is 0 Å². The molecule has 2 heteroatoms. The van der Waals surface area contributed by atoms with Gasteiger partial charge in [-0.15, -0.1) is 0 Å². The minimum atomic E-state index is 0.408. The Kier molecular flexibility index (Phi) is 4.66. The number of rotatable bonds is 3. The lowest BCUT2D eigenvalue weighted by molar-refractivity contribution is 0.0464. The van der Waals surface area contributed by atoms with Gasteiger partial charge in [-0.2, -0.15) is 0 Å². The van der Waals surface area contributed by atoms with Crippen LogP contribution in [0.15, 0.2) is 24.3 Å². The lowest BCUT2D eigenvalue weighted by Gasteiger charge is -2.46. The first-order valence-electron chi connectivity index (χ1n) is 8.73. The first kappa shape index (κ1) is 15.1. The fourth-order valence-electron chi connectivity index (χ4n) is 4.49. The minimum Gasteiger partial charge on any atom is -0.329 e. The van der Waals surface area contributed by atoms with Gasteiger partial charge in [0.25, 0.3) is 0 Å². The summed E-state index contributed by atoms with van der Waals surface area (Å²) >= 11 is 0. The molecule has 1 unspecified atom stereocenters. The quantitative estimate of drug-likeness (QED) is 0.908. The molecule has 0 amide bonds. The van der Waals surface area contributed by atoms with Gasteiger partial charge in [-0.1, -0.05) is 49.1 Å². The number of hydrogen-bond acceptors (Lipinski definition) is 2. The normalized spacial score (nSPS) is 24.1. The van der Waals surface area contributed by atoms with Crippen LogP contribution in [0.1, 0.15) is 62.1 Å². The molecule has 116 valence electrons. The molecule has 1 heterocycles. The summed E-state index contributed by atoms with van der Waals surface area (Å²) < 4.78 is 0. The predicted octanol–water partition coefficient (Wildman–Crippen LogP) is 4.04. The minimum absolute atomic E-state index is 0.408. The largest absolute Gasteiger partial charge is 0.329 e. The predicted molar refractivity (Wildman–Crippen MR) is 89.3 cm³/mol. The van der Waals surface area contributed by atoms with E-state index in [1.165, 1.54) is 69.2 Å². The van der Waals surface area contributed by atoms with Crippen molar-refractivity contribution in [1.29, 1.82) is 0 Å². The summed E-state index contributed by atoms with van der Waals surface area (Å²) in [6.07, 6.45) is 10.1. The second kappa shape index (κ2) is 6.50. The molecule has 2 N–H and O–H groups in total. The average molecular weight is 286 g/mol. The number of nitrogens with two attached hydrogens (primary N) is 1. The molecule has 1 aromatic carbocycles. The van der Waals surface area contributed by atoms with E-state index in [9.17, 15) is 0 Å². The highest BCUT2D eigenvalue weighted by Crippen LogP contribution is 2.45. The van der Waals surface area contributed by atoms with E-state index in [2.05, 4.69) is 36.1 Å². The summed E-state index contributed by atoms with van der Waals surface area (Å²) in [5.74, 6) is 0. The van der Waals surface area contributed by atoms with Crippen LogP contribution in [0.25, 0.3) is 0 Å². The maximum Gasteiger partial charge on any atom is 0.0470 e. The lowest BCUT2D eigenvalue weighted by Crippen LogP contribution is -2.44. The fourth-order valence-corrected chi connectivity index (χ4v) is 4.49. The third kappa shape index (κ3) is 3.32. The van der Waals surface area contributed by atoms with Crippen LogP contribution >= 0.6 is 0 Å². The fraction of sp³-hybridized carbons (Fsp3) is 0.684. The van der Waals surface area contributed by atoms with Crippen molar-refractivity contribution in [2.24, 2.45) is 11.1 Å². The van der Waals surface area contributed by atoms with Gasteiger partial charge in [0.05, 0.1) is 0 Å². The number of likely N-dealkylation sites (tertiary alicyclic amines) is 1. The van der Waals surface area contributed by atoms with E-state index >= 15 is 0 Å². The summed E-state index contributed by atoms with van der Waals surface area (Å²) in [6, 6.07) is 9.30. The van der Waals surface area contributed by atoms with Crippen LogP contribution in [0.3, 0.4) is 0 Å². The van der Waals surface area contributed by atoms with E-state index in [0.29, 0.717) is 11.5 Å².